The van der Waals surface area contributed by atoms with Gasteiger partial charge in [0.05, 0.1) is 0 Å². The summed E-state index contributed by atoms with van der Waals surface area (Å²) in [4.78, 5) is 12.6. The molecule has 0 aliphatic carbocycles. The number of amides is 1. The molecular weight excluding hydrogens is 358 g/mol. The Morgan fingerprint density at radius 3 is 2.36 bits per heavy atom. The number of nitrogens with one attached hydrogen (secondary N) is 1. The highest BCUT2D eigenvalue weighted by molar-refractivity contribution is 9.10. The maximum absolute atomic E-state index is 11.5. The van der Waals surface area contributed by atoms with Crippen LogP contribution in [0.1, 0.15) is 30.5 Å². The van der Waals surface area contributed by atoms with E-state index >= 15 is 0 Å². The quantitative estimate of drug-likeness (QED) is 0.717. The van der Waals surface area contributed by atoms with E-state index in [1.54, 1.807) is 18.7 Å². The maximum atomic E-state index is 11.5. The van der Waals surface area contributed by atoms with Crippen molar-refractivity contribution < 1.29 is 4.79 Å². The number of thioether (sulfide) groups is 1. The van der Waals surface area contributed by atoms with Crippen LogP contribution in [0.25, 0.3) is 0 Å². The monoisotopic (exact) mass is 377 g/mol. The van der Waals surface area contributed by atoms with E-state index < -0.39 is 0 Å². The van der Waals surface area contributed by atoms with Crippen molar-refractivity contribution in [3.8, 4) is 0 Å². The predicted molar refractivity (Wildman–Crippen MR) is 98.9 cm³/mol. The zero-order valence-corrected chi connectivity index (χ0v) is 15.5. The van der Waals surface area contributed by atoms with Crippen LogP contribution in [0.15, 0.2) is 45.8 Å². The molecule has 22 heavy (non-hydrogen) atoms. The van der Waals surface area contributed by atoms with Crippen molar-refractivity contribution in [2.45, 2.75) is 31.6 Å². The second kappa shape index (κ2) is 7.84. The number of anilines is 1. The Morgan fingerprint density at radius 2 is 1.82 bits per heavy atom. The molecule has 0 radical (unpaired) electrons. The van der Waals surface area contributed by atoms with Gasteiger partial charge in [-0.2, -0.15) is 0 Å². The van der Waals surface area contributed by atoms with Gasteiger partial charge >= 0.3 is 0 Å². The zero-order chi connectivity index (χ0) is 16.1. The highest BCUT2D eigenvalue weighted by atomic mass is 79.9. The molecule has 0 saturated heterocycles. The smallest absolute Gasteiger partial charge is 0.221 e. The Hall–Kier alpha value is -1.26. The van der Waals surface area contributed by atoms with Gasteiger partial charge in [-0.3, -0.25) is 4.79 Å². The molecule has 0 saturated carbocycles. The van der Waals surface area contributed by atoms with Gasteiger partial charge in [-0.15, -0.1) is 11.8 Å². The van der Waals surface area contributed by atoms with Gasteiger partial charge in [0.1, 0.15) is 0 Å². The fourth-order valence-electron chi connectivity index (χ4n) is 2.32. The minimum absolute atomic E-state index is 0.0445. The molecule has 0 heterocycles. The van der Waals surface area contributed by atoms with Crippen LogP contribution < -0.4 is 5.32 Å². The van der Waals surface area contributed by atoms with E-state index in [4.69, 9.17) is 0 Å². The third-order valence-corrected chi connectivity index (χ3v) is 5.21. The van der Waals surface area contributed by atoms with Crippen LogP contribution in [-0.4, -0.2) is 12.2 Å². The topological polar surface area (TPSA) is 29.1 Å². The minimum Gasteiger partial charge on any atom is -0.326 e. The number of rotatable bonds is 5. The van der Waals surface area contributed by atoms with Crippen LogP contribution in [0.3, 0.4) is 0 Å². The number of carbonyl (C=O) groups excluding carboxylic acids is 1. The lowest BCUT2D eigenvalue weighted by molar-refractivity contribution is -0.114. The standard InChI is InChI=1S/C18H20BrNOS/c1-4-13-5-7-14(8-6-13)9-15-10-16(19)18(22-3)11-17(15)20-12(2)21/h5-8,10-11H,4,9H2,1-3H3,(H,20,21). The van der Waals surface area contributed by atoms with Gasteiger partial charge < -0.3 is 5.32 Å². The van der Waals surface area contributed by atoms with E-state index in [0.717, 1.165) is 33.5 Å². The SMILES string of the molecule is CCc1ccc(Cc2cc(Br)c(SC)cc2NC(C)=O)cc1. The molecule has 0 aliphatic heterocycles. The average Bonchev–Trinajstić information content (AvgIpc) is 2.50. The molecule has 0 atom stereocenters. The summed E-state index contributed by atoms with van der Waals surface area (Å²) in [6, 6.07) is 12.8. The Labute approximate surface area is 144 Å². The fourth-order valence-corrected chi connectivity index (χ4v) is 3.68. The van der Waals surface area contributed by atoms with Crippen LogP contribution >= 0.6 is 27.7 Å². The molecule has 0 spiro atoms. The molecular formula is C18H20BrNOS. The fraction of sp³-hybridized carbons (Fsp3) is 0.278. The molecule has 0 aliphatic rings. The number of halogens is 1. The molecule has 0 bridgehead atoms. The second-order valence-corrected chi connectivity index (χ2v) is 6.87. The molecule has 2 nitrogen and oxygen atoms in total. The molecule has 1 amide bonds. The predicted octanol–water partition coefficient (Wildman–Crippen LogP) is 5.28. The summed E-state index contributed by atoms with van der Waals surface area (Å²) in [5, 5.41) is 2.95. The molecule has 2 rings (SSSR count). The van der Waals surface area contributed by atoms with Crippen LogP contribution in [0.5, 0.6) is 0 Å². The van der Waals surface area contributed by atoms with E-state index in [-0.39, 0.29) is 5.91 Å². The molecule has 116 valence electrons. The van der Waals surface area contributed by atoms with E-state index in [1.807, 2.05) is 12.3 Å². The Kier molecular flexibility index (Phi) is 6.09. The van der Waals surface area contributed by atoms with Crippen molar-refractivity contribution in [1.82, 2.24) is 0 Å². The molecule has 4 heteroatoms. The summed E-state index contributed by atoms with van der Waals surface area (Å²) < 4.78 is 1.06. The van der Waals surface area contributed by atoms with Gasteiger partial charge in [-0.1, -0.05) is 31.2 Å². The van der Waals surface area contributed by atoms with Crippen molar-refractivity contribution in [2.24, 2.45) is 0 Å². The van der Waals surface area contributed by atoms with E-state index in [1.165, 1.54) is 11.1 Å². The van der Waals surface area contributed by atoms with Gasteiger partial charge in [0.2, 0.25) is 5.91 Å². The molecule has 0 fully saturated rings. The normalized spacial score (nSPS) is 10.5. The van der Waals surface area contributed by atoms with Crippen LogP contribution in [0.4, 0.5) is 5.69 Å². The van der Waals surface area contributed by atoms with Crippen LogP contribution in [-0.2, 0) is 17.6 Å². The van der Waals surface area contributed by atoms with E-state index in [9.17, 15) is 4.79 Å². The molecule has 0 aromatic heterocycles. The number of benzene rings is 2. The van der Waals surface area contributed by atoms with Gasteiger partial charge in [0.25, 0.3) is 0 Å². The molecule has 2 aromatic carbocycles. The van der Waals surface area contributed by atoms with Crippen LogP contribution in [0.2, 0.25) is 0 Å². The van der Waals surface area contributed by atoms with Gasteiger partial charge in [0.15, 0.2) is 0 Å². The summed E-state index contributed by atoms with van der Waals surface area (Å²) in [7, 11) is 0. The first-order chi connectivity index (χ1) is 10.5. The number of hydrogen-bond acceptors (Lipinski definition) is 2. The first kappa shape index (κ1) is 17.1. The largest absolute Gasteiger partial charge is 0.326 e. The van der Waals surface area contributed by atoms with Crippen molar-refractivity contribution in [3.63, 3.8) is 0 Å². The van der Waals surface area contributed by atoms with E-state index in [2.05, 4.69) is 58.5 Å². The summed E-state index contributed by atoms with van der Waals surface area (Å²) >= 11 is 5.27. The summed E-state index contributed by atoms with van der Waals surface area (Å²) in [5.74, 6) is -0.0445. The summed E-state index contributed by atoms with van der Waals surface area (Å²) in [6.07, 6.45) is 3.87. The number of hydrogen-bond donors (Lipinski definition) is 1. The van der Waals surface area contributed by atoms with Gasteiger partial charge in [0, 0.05) is 22.0 Å². The molecule has 0 unspecified atom stereocenters. The highest BCUT2D eigenvalue weighted by Crippen LogP contribution is 2.33. The van der Waals surface area contributed by atoms with Crippen molar-refractivity contribution in [3.05, 3.63) is 57.6 Å². The zero-order valence-electron chi connectivity index (χ0n) is 13.1. The third kappa shape index (κ3) is 4.37. The lowest BCUT2D eigenvalue weighted by atomic mass is 10.0. The highest BCUT2D eigenvalue weighted by Gasteiger charge is 2.10. The molecule has 1 N–H and O–H groups in total. The van der Waals surface area contributed by atoms with Crippen molar-refractivity contribution in [2.75, 3.05) is 11.6 Å². The summed E-state index contributed by atoms with van der Waals surface area (Å²) in [5.41, 5.74) is 4.58. The first-order valence-corrected chi connectivity index (χ1v) is 9.27. The van der Waals surface area contributed by atoms with Crippen molar-refractivity contribution in [1.29, 1.82) is 0 Å². The van der Waals surface area contributed by atoms with Gasteiger partial charge in [-0.05, 0) is 63.9 Å². The maximum Gasteiger partial charge on any atom is 0.221 e. The van der Waals surface area contributed by atoms with Gasteiger partial charge in [-0.25, -0.2) is 0 Å². The lowest BCUT2D eigenvalue weighted by Crippen LogP contribution is -2.09. The minimum atomic E-state index is -0.0445. The Bertz CT molecular complexity index is 668. The molecule has 2 aromatic rings. The Balaban J connectivity index is 2.34. The number of aryl methyl sites for hydroxylation is 1. The van der Waals surface area contributed by atoms with Crippen molar-refractivity contribution >= 4 is 39.3 Å². The van der Waals surface area contributed by atoms with Crippen LogP contribution in [0, 0.1) is 0 Å². The number of carbonyl (C=O) groups is 1. The first-order valence-electron chi connectivity index (χ1n) is 7.25. The third-order valence-electron chi connectivity index (χ3n) is 3.51. The Morgan fingerprint density at radius 1 is 1.18 bits per heavy atom. The van der Waals surface area contributed by atoms with E-state index in [0.29, 0.717) is 0 Å². The lowest BCUT2D eigenvalue weighted by Gasteiger charge is -2.14. The summed E-state index contributed by atoms with van der Waals surface area (Å²) in [6.45, 7) is 3.70. The second-order valence-electron chi connectivity index (χ2n) is 5.17. The average molecular weight is 378 g/mol.